The number of nitrogens with one attached hydrogen (secondary N) is 1. The van der Waals surface area contributed by atoms with E-state index in [9.17, 15) is 4.79 Å². The molecule has 0 aliphatic carbocycles. The second-order valence-corrected chi connectivity index (χ2v) is 7.38. The first-order chi connectivity index (χ1) is 12.6. The summed E-state index contributed by atoms with van der Waals surface area (Å²) in [7, 11) is 0. The Balaban J connectivity index is 1.68. The van der Waals surface area contributed by atoms with E-state index in [2.05, 4.69) is 12.2 Å². The normalized spacial score (nSPS) is 10.5. The summed E-state index contributed by atoms with van der Waals surface area (Å²) in [6.45, 7) is 2.39. The maximum Gasteiger partial charge on any atom is 0.290 e. The molecule has 3 rings (SSSR count). The number of hydrogen-bond acceptors (Lipinski definition) is 2. The van der Waals surface area contributed by atoms with Crippen molar-refractivity contribution in [3.05, 3.63) is 83.6 Å². The number of nitrogens with zero attached hydrogens (tertiary/aromatic N) is 1. The van der Waals surface area contributed by atoms with E-state index in [0.29, 0.717) is 5.02 Å². The number of hydrogen-bond donors (Lipinski definition) is 1. The Morgan fingerprint density at radius 1 is 1.04 bits per heavy atom. The highest BCUT2D eigenvalue weighted by Gasteiger charge is 2.12. The van der Waals surface area contributed by atoms with E-state index in [-0.39, 0.29) is 12.5 Å². The number of carbonyl (C=O) groups is 1. The highest BCUT2D eigenvalue weighted by atomic mass is 35.5. The minimum atomic E-state index is -0.0524. The number of rotatable bonds is 6. The number of halogens is 1. The number of amides is 1. The number of carbonyl (C=O) groups excluding carboxylic acids is 1. The second-order valence-electron chi connectivity index (χ2n) is 5.83. The van der Waals surface area contributed by atoms with Gasteiger partial charge in [0, 0.05) is 26.9 Å². The molecular formula is C21H20ClN2OS+. The molecule has 1 N–H and O–H groups in total. The first-order valence-electron chi connectivity index (χ1n) is 8.44. The van der Waals surface area contributed by atoms with Crippen LogP contribution >= 0.6 is 23.4 Å². The van der Waals surface area contributed by atoms with Crippen molar-refractivity contribution in [2.75, 3.05) is 5.32 Å². The monoisotopic (exact) mass is 383 g/mol. The lowest BCUT2D eigenvalue weighted by Crippen LogP contribution is -2.39. The van der Waals surface area contributed by atoms with Crippen molar-refractivity contribution in [1.82, 2.24) is 0 Å². The molecule has 26 heavy (non-hydrogen) atoms. The molecule has 5 heteroatoms. The average molecular weight is 384 g/mol. The Hall–Kier alpha value is -2.30. The molecule has 0 saturated carbocycles. The summed E-state index contributed by atoms with van der Waals surface area (Å²) in [6, 6.07) is 19.5. The molecule has 3 nitrogen and oxygen atoms in total. The van der Waals surface area contributed by atoms with Gasteiger partial charge in [-0.1, -0.05) is 42.4 Å². The molecule has 0 bridgehead atoms. The number of aromatic nitrogens is 1. The highest BCUT2D eigenvalue weighted by molar-refractivity contribution is 7.99. The Morgan fingerprint density at radius 2 is 1.73 bits per heavy atom. The van der Waals surface area contributed by atoms with Crippen molar-refractivity contribution >= 4 is 35.0 Å². The van der Waals surface area contributed by atoms with Crippen LogP contribution in [0.15, 0.2) is 82.8 Å². The van der Waals surface area contributed by atoms with Gasteiger partial charge in [-0.3, -0.25) is 4.79 Å². The third-order valence-electron chi connectivity index (χ3n) is 3.90. The molecule has 0 saturated heterocycles. The van der Waals surface area contributed by atoms with Gasteiger partial charge in [-0.2, -0.15) is 4.57 Å². The molecule has 0 unspecified atom stereocenters. The Bertz CT molecular complexity index is 879. The highest BCUT2D eigenvalue weighted by Crippen LogP contribution is 2.33. The van der Waals surface area contributed by atoms with Crippen LogP contribution in [0.4, 0.5) is 5.69 Å². The van der Waals surface area contributed by atoms with Crippen LogP contribution in [-0.2, 0) is 17.8 Å². The Labute approximate surface area is 163 Å². The van der Waals surface area contributed by atoms with Crippen molar-refractivity contribution < 1.29 is 9.36 Å². The fourth-order valence-electron chi connectivity index (χ4n) is 2.47. The lowest BCUT2D eigenvalue weighted by Gasteiger charge is -2.10. The smallest absolute Gasteiger partial charge is 0.290 e. The van der Waals surface area contributed by atoms with Crippen LogP contribution in [0.25, 0.3) is 0 Å². The van der Waals surface area contributed by atoms with Crippen LogP contribution in [-0.4, -0.2) is 5.91 Å². The zero-order chi connectivity index (χ0) is 18.4. The first-order valence-corrected chi connectivity index (χ1v) is 9.64. The summed E-state index contributed by atoms with van der Waals surface area (Å²) in [5.41, 5.74) is 2.06. The van der Waals surface area contributed by atoms with E-state index in [4.69, 9.17) is 11.6 Å². The molecule has 0 aliphatic rings. The van der Waals surface area contributed by atoms with Gasteiger partial charge in [-0.05, 0) is 48.4 Å². The molecule has 2 aromatic carbocycles. The van der Waals surface area contributed by atoms with Crippen LogP contribution in [0.5, 0.6) is 0 Å². The van der Waals surface area contributed by atoms with Crippen molar-refractivity contribution in [3.8, 4) is 0 Å². The van der Waals surface area contributed by atoms with Gasteiger partial charge in [0.2, 0.25) is 6.54 Å². The topological polar surface area (TPSA) is 33.0 Å². The van der Waals surface area contributed by atoms with Gasteiger partial charge in [0.05, 0.1) is 5.69 Å². The van der Waals surface area contributed by atoms with E-state index in [1.807, 2.05) is 77.6 Å². The van der Waals surface area contributed by atoms with Crippen LogP contribution < -0.4 is 9.88 Å². The molecular weight excluding hydrogens is 364 g/mol. The minimum absolute atomic E-state index is 0.0524. The van der Waals surface area contributed by atoms with Gasteiger partial charge in [-0.15, -0.1) is 0 Å². The quantitative estimate of drug-likeness (QED) is 0.609. The molecule has 0 aliphatic heterocycles. The van der Waals surface area contributed by atoms with Gasteiger partial charge < -0.3 is 5.32 Å². The summed E-state index contributed by atoms with van der Waals surface area (Å²) in [4.78, 5) is 14.5. The van der Waals surface area contributed by atoms with Crippen molar-refractivity contribution in [2.24, 2.45) is 0 Å². The van der Waals surface area contributed by atoms with E-state index in [1.165, 1.54) is 5.56 Å². The molecule has 0 spiro atoms. The number of para-hydroxylation sites is 1. The fraction of sp³-hybridized carbons (Fsp3) is 0.143. The summed E-state index contributed by atoms with van der Waals surface area (Å²) >= 11 is 7.54. The largest absolute Gasteiger partial charge is 0.320 e. The Morgan fingerprint density at radius 3 is 2.42 bits per heavy atom. The van der Waals surface area contributed by atoms with Gasteiger partial charge in [0.15, 0.2) is 12.4 Å². The summed E-state index contributed by atoms with van der Waals surface area (Å²) < 4.78 is 1.88. The molecule has 0 radical (unpaired) electrons. The van der Waals surface area contributed by atoms with Crippen LogP contribution in [0, 0.1) is 0 Å². The molecule has 3 aromatic rings. The minimum Gasteiger partial charge on any atom is -0.320 e. The molecule has 132 valence electrons. The van der Waals surface area contributed by atoms with E-state index in [0.717, 1.165) is 21.9 Å². The van der Waals surface area contributed by atoms with Crippen molar-refractivity contribution in [3.63, 3.8) is 0 Å². The zero-order valence-electron chi connectivity index (χ0n) is 14.5. The van der Waals surface area contributed by atoms with Crippen molar-refractivity contribution in [1.29, 1.82) is 0 Å². The molecule has 0 fully saturated rings. The third-order valence-corrected chi connectivity index (χ3v) is 5.23. The molecule has 1 heterocycles. The summed E-state index contributed by atoms with van der Waals surface area (Å²) in [5, 5.41) is 3.72. The predicted molar refractivity (Wildman–Crippen MR) is 107 cm³/mol. The molecule has 0 atom stereocenters. The van der Waals surface area contributed by atoms with Gasteiger partial charge in [0.1, 0.15) is 0 Å². The van der Waals surface area contributed by atoms with Crippen LogP contribution in [0.2, 0.25) is 5.02 Å². The lowest BCUT2D eigenvalue weighted by molar-refractivity contribution is -0.684. The predicted octanol–water partition coefficient (Wildman–Crippen LogP) is 4.98. The van der Waals surface area contributed by atoms with Gasteiger partial charge in [-0.25, -0.2) is 0 Å². The number of anilines is 1. The van der Waals surface area contributed by atoms with Gasteiger partial charge >= 0.3 is 0 Å². The van der Waals surface area contributed by atoms with E-state index >= 15 is 0 Å². The standard InChI is InChI=1S/C21H19ClN2OS/c1-2-16-11-13-24(14-12-16)15-21(25)23-19-5-3-4-6-20(19)26-18-9-7-17(22)8-10-18/h3-14H,2,15H2,1H3/p+1. The number of benzene rings is 2. The SMILES string of the molecule is CCc1cc[n+](CC(=O)Nc2ccccc2Sc2ccc(Cl)cc2)cc1. The van der Waals surface area contributed by atoms with E-state index in [1.54, 1.807) is 11.8 Å². The van der Waals surface area contributed by atoms with Crippen molar-refractivity contribution in [2.45, 2.75) is 29.7 Å². The van der Waals surface area contributed by atoms with Crippen LogP contribution in [0.1, 0.15) is 12.5 Å². The Kier molecular flexibility index (Phi) is 6.31. The van der Waals surface area contributed by atoms with Gasteiger partial charge in [0.25, 0.3) is 5.91 Å². The maximum atomic E-state index is 12.4. The summed E-state index contributed by atoms with van der Waals surface area (Å²) in [5.74, 6) is -0.0524. The number of pyridine rings is 1. The maximum absolute atomic E-state index is 12.4. The second kappa shape index (κ2) is 8.88. The lowest BCUT2D eigenvalue weighted by atomic mass is 10.2. The average Bonchev–Trinajstić information content (AvgIpc) is 2.66. The van der Waals surface area contributed by atoms with E-state index < -0.39 is 0 Å². The zero-order valence-corrected chi connectivity index (χ0v) is 16.1. The molecule has 1 amide bonds. The number of aryl methyl sites for hydroxylation is 1. The third kappa shape index (κ3) is 5.10. The molecule has 1 aromatic heterocycles. The first kappa shape index (κ1) is 18.5. The van der Waals surface area contributed by atoms with Crippen LogP contribution in [0.3, 0.4) is 0 Å². The summed E-state index contributed by atoms with van der Waals surface area (Å²) in [6.07, 6.45) is 4.86. The fourth-order valence-corrected chi connectivity index (χ4v) is 3.50.